The van der Waals surface area contributed by atoms with Crippen molar-refractivity contribution in [2.75, 3.05) is 0 Å². The van der Waals surface area contributed by atoms with Crippen molar-refractivity contribution in [1.29, 1.82) is 0 Å². The van der Waals surface area contributed by atoms with Crippen LogP contribution in [0.4, 0.5) is 0 Å². The molecule has 0 spiro atoms. The monoisotopic (exact) mass is 368 g/mol. The van der Waals surface area contributed by atoms with E-state index in [-0.39, 0.29) is 10.8 Å². The van der Waals surface area contributed by atoms with Crippen molar-refractivity contribution in [3.8, 4) is 0 Å². The molecule has 0 fully saturated rings. The number of allylic oxidation sites excluding steroid dienone is 8. The van der Waals surface area contributed by atoms with Crippen molar-refractivity contribution in [2.24, 2.45) is 10.8 Å². The second-order valence-corrected chi connectivity index (χ2v) is 11.8. The van der Waals surface area contributed by atoms with Crippen molar-refractivity contribution >= 4 is 32.7 Å². The zero-order valence-corrected chi connectivity index (χ0v) is 18.8. The molecule has 128 valence electrons. The fraction of sp³-hybridized carbons (Fsp3) is 0.600. The predicted octanol–water partition coefficient (Wildman–Crippen LogP) is 6.59. The van der Waals surface area contributed by atoms with E-state index < -0.39 is 9.52 Å². The lowest BCUT2D eigenvalue weighted by Crippen LogP contribution is -2.20. The van der Waals surface area contributed by atoms with Gasteiger partial charge in [-0.3, -0.25) is 0 Å². The van der Waals surface area contributed by atoms with Gasteiger partial charge in [0.2, 0.25) is 0 Å². The maximum Gasteiger partial charge on any atom is 0.0913 e. The molecule has 0 saturated carbocycles. The van der Waals surface area contributed by atoms with Gasteiger partial charge >= 0.3 is 0 Å². The molecule has 0 amide bonds. The minimum Gasteiger partial charge on any atom is -0.0889 e. The van der Waals surface area contributed by atoms with Gasteiger partial charge < -0.3 is 0 Å². The predicted molar refractivity (Wildman–Crippen MR) is 108 cm³/mol. The Morgan fingerprint density at radius 2 is 1.00 bits per heavy atom. The van der Waals surface area contributed by atoms with E-state index in [4.69, 9.17) is 23.2 Å². The van der Waals surface area contributed by atoms with Crippen LogP contribution in [0, 0.1) is 10.8 Å². The van der Waals surface area contributed by atoms with Gasteiger partial charge in [0, 0.05) is 22.9 Å². The van der Waals surface area contributed by atoms with Crippen molar-refractivity contribution < 1.29 is 0 Å². The molecule has 0 nitrogen and oxygen atoms in total. The van der Waals surface area contributed by atoms with E-state index in [0.29, 0.717) is 0 Å². The van der Waals surface area contributed by atoms with Gasteiger partial charge in [0.25, 0.3) is 0 Å². The second kappa shape index (κ2) is 6.24. The Morgan fingerprint density at radius 3 is 1.26 bits per heavy atom. The quantitative estimate of drug-likeness (QED) is 0.482. The Balaban J connectivity index is 2.46. The highest BCUT2D eigenvalue weighted by atomic mass is 35.5. The van der Waals surface area contributed by atoms with Crippen LogP contribution < -0.4 is 0 Å². The van der Waals surface area contributed by atoms with E-state index in [1.165, 1.54) is 32.7 Å². The minimum absolute atomic E-state index is 0.148. The van der Waals surface area contributed by atoms with Crippen molar-refractivity contribution in [2.45, 2.75) is 68.2 Å². The van der Waals surface area contributed by atoms with Crippen LogP contribution >= 0.6 is 23.2 Å². The third kappa shape index (κ3) is 3.72. The van der Waals surface area contributed by atoms with Gasteiger partial charge in [-0.05, 0) is 46.2 Å². The summed E-state index contributed by atoms with van der Waals surface area (Å²) in [4.78, 5) is 0. The molecule has 0 heterocycles. The molecule has 2 aliphatic rings. The van der Waals surface area contributed by atoms with Gasteiger partial charge in [0.05, 0.1) is 9.52 Å². The van der Waals surface area contributed by atoms with Crippen molar-refractivity contribution in [3.05, 3.63) is 42.7 Å². The first-order chi connectivity index (χ1) is 10.3. The number of hydrogen-bond donors (Lipinski definition) is 0. The van der Waals surface area contributed by atoms with Crippen LogP contribution in [0.1, 0.15) is 68.2 Å². The number of halogens is 2. The molecule has 0 unspecified atom stereocenters. The van der Waals surface area contributed by atoms with Crippen LogP contribution in [0.3, 0.4) is 0 Å². The lowest BCUT2D eigenvalue weighted by Gasteiger charge is -2.29. The SMILES string of the molecule is CC1=C(C(C)(C)C)C([SiH2]C2=C(Cl)CC(C)=C2C(C)(C)C)=C(Cl)C1. The first-order valence-corrected chi connectivity index (χ1v) is 10.7. The van der Waals surface area contributed by atoms with Gasteiger partial charge in [-0.25, -0.2) is 0 Å². The third-order valence-electron chi connectivity index (χ3n) is 4.81. The summed E-state index contributed by atoms with van der Waals surface area (Å²) in [6.45, 7) is 18.3. The van der Waals surface area contributed by atoms with E-state index in [1.54, 1.807) is 0 Å². The Hall–Kier alpha value is -0.243. The van der Waals surface area contributed by atoms with E-state index in [2.05, 4.69) is 55.4 Å². The van der Waals surface area contributed by atoms with Crippen molar-refractivity contribution in [3.63, 3.8) is 0 Å². The molecule has 0 aliphatic heterocycles. The summed E-state index contributed by atoms with van der Waals surface area (Å²) in [6, 6.07) is 0. The Morgan fingerprint density at radius 1 is 0.696 bits per heavy atom. The van der Waals surface area contributed by atoms with Crippen molar-refractivity contribution in [1.82, 2.24) is 0 Å². The smallest absolute Gasteiger partial charge is 0.0889 e. The normalized spacial score (nSPS) is 20.6. The minimum atomic E-state index is -0.669. The van der Waals surface area contributed by atoms with Crippen LogP contribution in [0.5, 0.6) is 0 Å². The zero-order valence-electron chi connectivity index (χ0n) is 15.9. The molecular formula is C20H30Cl2Si. The molecule has 0 aromatic heterocycles. The molecule has 2 rings (SSSR count). The third-order valence-corrected chi connectivity index (χ3v) is 8.25. The average molecular weight is 369 g/mol. The van der Waals surface area contributed by atoms with Crippen LogP contribution in [0.15, 0.2) is 42.7 Å². The van der Waals surface area contributed by atoms with Gasteiger partial charge in [0.1, 0.15) is 0 Å². The molecule has 0 aromatic carbocycles. The largest absolute Gasteiger partial charge is 0.0913 e. The number of hydrogen-bond acceptors (Lipinski definition) is 0. The molecule has 0 N–H and O–H groups in total. The molecule has 0 bridgehead atoms. The lowest BCUT2D eigenvalue weighted by molar-refractivity contribution is 0.509. The highest BCUT2D eigenvalue weighted by Crippen LogP contribution is 2.48. The molecule has 2 aliphatic carbocycles. The molecule has 23 heavy (non-hydrogen) atoms. The van der Waals surface area contributed by atoms with Crippen LogP contribution in [-0.4, -0.2) is 9.52 Å². The van der Waals surface area contributed by atoms with E-state index in [0.717, 1.165) is 22.9 Å². The Bertz CT molecular complexity index is 601. The van der Waals surface area contributed by atoms with Gasteiger partial charge in [-0.15, -0.1) is 0 Å². The van der Waals surface area contributed by atoms with Crippen LogP contribution in [0.25, 0.3) is 0 Å². The van der Waals surface area contributed by atoms with Crippen LogP contribution in [-0.2, 0) is 0 Å². The Kier molecular flexibility index (Phi) is 5.18. The zero-order chi connectivity index (χ0) is 17.7. The first-order valence-electron chi connectivity index (χ1n) is 8.50. The van der Waals surface area contributed by atoms with Gasteiger partial charge in [0.15, 0.2) is 0 Å². The summed E-state index contributed by atoms with van der Waals surface area (Å²) in [7, 11) is -0.669. The molecule has 0 saturated heterocycles. The second-order valence-electron chi connectivity index (χ2n) is 9.11. The summed E-state index contributed by atoms with van der Waals surface area (Å²) in [6.07, 6.45) is 1.85. The fourth-order valence-corrected chi connectivity index (χ4v) is 8.37. The maximum atomic E-state index is 6.69. The summed E-state index contributed by atoms with van der Waals surface area (Å²) in [5, 5.41) is 5.02. The summed E-state index contributed by atoms with van der Waals surface area (Å²) in [5.74, 6) is 0. The Labute approximate surface area is 154 Å². The summed E-state index contributed by atoms with van der Waals surface area (Å²) < 4.78 is 0. The van der Waals surface area contributed by atoms with Gasteiger partial charge in [-0.2, -0.15) is 0 Å². The van der Waals surface area contributed by atoms with E-state index in [1.807, 2.05) is 0 Å². The fourth-order valence-electron chi connectivity index (χ4n) is 4.37. The maximum absolute atomic E-state index is 6.69. The lowest BCUT2D eigenvalue weighted by atomic mass is 9.84. The standard InChI is InChI=1S/C20H30Cl2Si/c1-11-9-13(21)17(15(11)19(3,4)5)23-18-14(22)10-12(2)16(18)20(6,7)8/h9-10,23H2,1-8H3. The first kappa shape index (κ1) is 19.1. The summed E-state index contributed by atoms with van der Waals surface area (Å²) in [5.41, 5.74) is 6.16. The highest BCUT2D eigenvalue weighted by Gasteiger charge is 2.35. The molecule has 0 aromatic rings. The van der Waals surface area contributed by atoms with E-state index in [9.17, 15) is 0 Å². The molecular weight excluding hydrogens is 339 g/mol. The molecule has 0 radical (unpaired) electrons. The average Bonchev–Trinajstić information content (AvgIpc) is 2.75. The molecule has 0 atom stereocenters. The topological polar surface area (TPSA) is 0 Å². The highest BCUT2D eigenvalue weighted by molar-refractivity contribution is 6.61. The van der Waals surface area contributed by atoms with E-state index >= 15 is 0 Å². The van der Waals surface area contributed by atoms with Gasteiger partial charge in [-0.1, -0.05) is 75.9 Å². The summed E-state index contributed by atoms with van der Waals surface area (Å²) >= 11 is 13.4. The number of rotatable bonds is 2. The molecule has 3 heteroatoms. The van der Waals surface area contributed by atoms with Crippen LogP contribution in [0.2, 0.25) is 0 Å².